The molecule has 9 heteroatoms. The number of halogens is 1. The molecule has 2 aromatic rings. The smallest absolute Gasteiger partial charge is 0.188 e. The number of nitrogens with zero attached hydrogens (tertiary/aromatic N) is 3. The van der Waals surface area contributed by atoms with Gasteiger partial charge in [-0.1, -0.05) is 23.4 Å². The largest absolute Gasteiger partial charge is 0.497 e. The molecule has 1 heterocycles. The normalized spacial score (nSPS) is 11.2. The third-order valence-corrected chi connectivity index (χ3v) is 4.58. The number of methoxy groups -OCH3 is 2. The van der Waals surface area contributed by atoms with Gasteiger partial charge in [-0.2, -0.15) is 0 Å². The SMILES string of the molecule is C=N/C(=N\c1nc(NN)c(-c2cc(OC)cc(OC)c2Cl)cc1C)SC. The molecule has 0 radical (unpaired) electrons. The maximum Gasteiger partial charge on any atom is 0.188 e. The Morgan fingerprint density at radius 1 is 1.27 bits per heavy atom. The number of hydrogen-bond donors (Lipinski definition) is 2. The highest BCUT2D eigenvalue weighted by atomic mass is 35.5. The number of benzene rings is 1. The Kier molecular flexibility index (Phi) is 6.84. The van der Waals surface area contributed by atoms with Crippen LogP contribution in [0.2, 0.25) is 5.02 Å². The van der Waals surface area contributed by atoms with Crippen molar-refractivity contribution in [1.82, 2.24) is 4.98 Å². The summed E-state index contributed by atoms with van der Waals surface area (Å²) < 4.78 is 10.7. The highest BCUT2D eigenvalue weighted by molar-refractivity contribution is 8.13. The van der Waals surface area contributed by atoms with Crippen LogP contribution in [0.3, 0.4) is 0 Å². The van der Waals surface area contributed by atoms with Crippen LogP contribution in [0.15, 0.2) is 28.2 Å². The number of nitrogen functional groups attached to an aromatic ring is 1. The number of hydrogen-bond acceptors (Lipinski definition) is 7. The van der Waals surface area contributed by atoms with E-state index >= 15 is 0 Å². The summed E-state index contributed by atoms with van der Waals surface area (Å²) in [7, 11) is 3.11. The monoisotopic (exact) mass is 393 g/mol. The van der Waals surface area contributed by atoms with Crippen LogP contribution in [0, 0.1) is 6.92 Å². The fraction of sp³-hybridized carbons (Fsp3) is 0.235. The van der Waals surface area contributed by atoms with Crippen LogP contribution in [0.25, 0.3) is 11.1 Å². The second-order valence-corrected chi connectivity index (χ2v) is 6.27. The van der Waals surface area contributed by atoms with E-state index in [4.69, 9.17) is 26.9 Å². The number of hydrazine groups is 1. The molecule has 0 atom stereocenters. The molecule has 0 saturated heterocycles. The fourth-order valence-corrected chi connectivity index (χ4v) is 2.90. The molecule has 0 saturated carbocycles. The molecule has 0 spiro atoms. The van der Waals surface area contributed by atoms with Gasteiger partial charge in [0.05, 0.1) is 19.2 Å². The van der Waals surface area contributed by atoms with Gasteiger partial charge in [0.1, 0.15) is 17.3 Å². The summed E-state index contributed by atoms with van der Waals surface area (Å²) in [5.74, 6) is 7.68. The van der Waals surface area contributed by atoms with E-state index in [1.807, 2.05) is 19.2 Å². The summed E-state index contributed by atoms with van der Waals surface area (Å²) >= 11 is 7.87. The minimum absolute atomic E-state index is 0.413. The molecule has 3 N–H and O–H groups in total. The van der Waals surface area contributed by atoms with E-state index in [-0.39, 0.29) is 0 Å². The number of aromatic nitrogens is 1. The molecule has 0 aliphatic heterocycles. The van der Waals surface area contributed by atoms with Crippen LogP contribution >= 0.6 is 23.4 Å². The summed E-state index contributed by atoms with van der Waals surface area (Å²) in [4.78, 5) is 12.7. The average Bonchev–Trinajstić information content (AvgIpc) is 2.67. The van der Waals surface area contributed by atoms with Gasteiger partial charge in [-0.3, -0.25) is 0 Å². The van der Waals surface area contributed by atoms with E-state index in [9.17, 15) is 0 Å². The van der Waals surface area contributed by atoms with Gasteiger partial charge >= 0.3 is 0 Å². The Bertz CT molecular complexity index is 858. The first-order valence-corrected chi connectivity index (χ1v) is 9.08. The van der Waals surface area contributed by atoms with E-state index < -0.39 is 0 Å². The van der Waals surface area contributed by atoms with Crippen LogP contribution in [0.5, 0.6) is 11.5 Å². The van der Waals surface area contributed by atoms with Crippen LogP contribution in [-0.2, 0) is 0 Å². The number of aryl methyl sites for hydroxylation is 1. The van der Waals surface area contributed by atoms with E-state index in [1.165, 1.54) is 11.8 Å². The lowest BCUT2D eigenvalue weighted by atomic mass is 10.0. The van der Waals surface area contributed by atoms with E-state index in [1.54, 1.807) is 26.4 Å². The molecular weight excluding hydrogens is 374 g/mol. The van der Waals surface area contributed by atoms with Gasteiger partial charge in [0.25, 0.3) is 0 Å². The van der Waals surface area contributed by atoms with Crippen molar-refractivity contribution in [2.24, 2.45) is 15.8 Å². The Hall–Kier alpha value is -2.29. The number of pyridine rings is 1. The molecule has 1 aromatic heterocycles. The topological polar surface area (TPSA) is 94.1 Å². The lowest BCUT2D eigenvalue weighted by Gasteiger charge is -2.15. The van der Waals surface area contributed by atoms with Gasteiger partial charge < -0.3 is 14.9 Å². The number of rotatable bonds is 5. The van der Waals surface area contributed by atoms with Crippen molar-refractivity contribution in [3.63, 3.8) is 0 Å². The van der Waals surface area contributed by atoms with Gasteiger partial charge in [-0.25, -0.2) is 20.8 Å². The van der Waals surface area contributed by atoms with Crippen molar-refractivity contribution in [3.8, 4) is 22.6 Å². The van der Waals surface area contributed by atoms with E-state index in [0.29, 0.717) is 44.5 Å². The van der Waals surface area contributed by atoms with Crippen molar-refractivity contribution < 1.29 is 9.47 Å². The molecular formula is C17H20ClN5O2S. The van der Waals surface area contributed by atoms with Crippen LogP contribution in [0.1, 0.15) is 5.56 Å². The predicted molar refractivity (Wildman–Crippen MR) is 110 cm³/mol. The Balaban J connectivity index is 2.70. The summed E-state index contributed by atoms with van der Waals surface area (Å²) in [6, 6.07) is 5.40. The predicted octanol–water partition coefficient (Wildman–Crippen LogP) is 4.06. The van der Waals surface area contributed by atoms with Gasteiger partial charge in [-0.15, -0.1) is 0 Å². The maximum atomic E-state index is 6.49. The fourth-order valence-electron chi connectivity index (χ4n) is 2.30. The van der Waals surface area contributed by atoms with Crippen molar-refractivity contribution in [2.45, 2.75) is 6.92 Å². The van der Waals surface area contributed by atoms with Crippen molar-refractivity contribution in [2.75, 3.05) is 25.9 Å². The van der Waals surface area contributed by atoms with Gasteiger partial charge in [0.2, 0.25) is 0 Å². The van der Waals surface area contributed by atoms with E-state index in [0.717, 1.165) is 5.56 Å². The molecule has 7 nitrogen and oxygen atoms in total. The maximum absolute atomic E-state index is 6.49. The molecule has 0 unspecified atom stereocenters. The highest BCUT2D eigenvalue weighted by Gasteiger charge is 2.17. The zero-order valence-corrected chi connectivity index (χ0v) is 16.5. The lowest BCUT2D eigenvalue weighted by Crippen LogP contribution is -2.10. The standard InChI is InChI=1S/C17H20ClN5O2S/c1-9-6-12(11-7-10(24-3)8-13(25-4)14(11)18)16(23-19)21-15(9)22-17(20-2)26-5/h6-8H,2,19H2,1,3-5H3,(H,21,23)/b22-17+. The first-order chi connectivity index (χ1) is 12.5. The number of thioether (sulfide) groups is 1. The minimum Gasteiger partial charge on any atom is -0.497 e. The molecule has 0 aliphatic carbocycles. The van der Waals surface area contributed by atoms with Crippen LogP contribution in [0.4, 0.5) is 11.6 Å². The van der Waals surface area contributed by atoms with Crippen LogP contribution in [-0.4, -0.2) is 37.3 Å². The van der Waals surface area contributed by atoms with Gasteiger partial charge in [0, 0.05) is 17.2 Å². The van der Waals surface area contributed by atoms with Crippen LogP contribution < -0.4 is 20.7 Å². The molecule has 1 aromatic carbocycles. The Labute approximate surface area is 161 Å². The summed E-state index contributed by atoms with van der Waals surface area (Å²) in [6.45, 7) is 5.39. The molecule has 138 valence electrons. The quantitative estimate of drug-likeness (QED) is 0.344. The minimum atomic E-state index is 0.413. The summed E-state index contributed by atoms with van der Waals surface area (Å²) in [5.41, 5.74) is 4.80. The molecule has 0 fully saturated rings. The number of nitrogens with two attached hydrogens (primary N) is 1. The molecule has 26 heavy (non-hydrogen) atoms. The number of anilines is 1. The zero-order valence-electron chi connectivity index (χ0n) is 15.0. The second kappa shape index (κ2) is 8.88. The summed E-state index contributed by atoms with van der Waals surface area (Å²) in [6.07, 6.45) is 1.86. The third kappa shape index (κ3) is 4.09. The van der Waals surface area contributed by atoms with Crippen molar-refractivity contribution >= 4 is 46.9 Å². The highest BCUT2D eigenvalue weighted by Crippen LogP contribution is 2.42. The van der Waals surface area contributed by atoms with Gasteiger partial charge in [0.15, 0.2) is 11.0 Å². The number of aliphatic imine (C=N–C) groups is 2. The number of amidine groups is 1. The van der Waals surface area contributed by atoms with Crippen molar-refractivity contribution in [3.05, 3.63) is 28.8 Å². The van der Waals surface area contributed by atoms with Crippen molar-refractivity contribution in [1.29, 1.82) is 0 Å². The average molecular weight is 394 g/mol. The lowest BCUT2D eigenvalue weighted by molar-refractivity contribution is 0.395. The molecule has 0 amide bonds. The first-order valence-electron chi connectivity index (χ1n) is 7.48. The third-order valence-electron chi connectivity index (χ3n) is 3.60. The molecule has 2 rings (SSSR count). The van der Waals surface area contributed by atoms with E-state index in [2.05, 4.69) is 27.1 Å². The van der Waals surface area contributed by atoms with Gasteiger partial charge in [-0.05, 0) is 37.6 Å². The Morgan fingerprint density at radius 3 is 2.54 bits per heavy atom. The number of ether oxygens (including phenoxy) is 2. The number of nitrogens with one attached hydrogen (secondary N) is 1. The zero-order chi connectivity index (χ0) is 19.3. The second-order valence-electron chi connectivity index (χ2n) is 5.12. The molecule has 0 bridgehead atoms. The first kappa shape index (κ1) is 20.0. The molecule has 0 aliphatic rings. The summed E-state index contributed by atoms with van der Waals surface area (Å²) in [5, 5.41) is 0.942. The Morgan fingerprint density at radius 2 is 2.00 bits per heavy atom.